The number of nitrogen functional groups attached to an aromatic ring is 1. The highest BCUT2D eigenvalue weighted by Crippen LogP contribution is 2.29. The summed E-state index contributed by atoms with van der Waals surface area (Å²) in [4.78, 5) is 18.8. The lowest BCUT2D eigenvalue weighted by Crippen LogP contribution is -2.17. The molecule has 29 heavy (non-hydrogen) atoms. The average molecular weight is 387 g/mol. The molecule has 2 aliphatic rings. The van der Waals surface area contributed by atoms with Gasteiger partial charge in [0.1, 0.15) is 0 Å². The topological polar surface area (TPSA) is 71.2 Å². The van der Waals surface area contributed by atoms with Crippen molar-refractivity contribution in [3.63, 3.8) is 0 Å². The molecule has 0 aromatic carbocycles. The number of hydrogen-bond donors (Lipinski definition) is 1. The smallest absolute Gasteiger partial charge is 0.0915 e. The number of anilines is 3. The summed E-state index contributed by atoms with van der Waals surface area (Å²) >= 11 is 0. The number of rotatable bonds is 4. The molecule has 5 heterocycles. The molecule has 6 heteroatoms. The van der Waals surface area contributed by atoms with Crippen molar-refractivity contribution in [3.8, 4) is 22.8 Å². The van der Waals surface area contributed by atoms with Gasteiger partial charge >= 0.3 is 0 Å². The van der Waals surface area contributed by atoms with Crippen LogP contribution < -0.4 is 15.5 Å². The van der Waals surface area contributed by atoms with Crippen LogP contribution in [0.4, 0.5) is 17.1 Å². The Morgan fingerprint density at radius 1 is 0.621 bits per heavy atom. The minimum atomic E-state index is 0.673. The SMILES string of the molecule is Nc1cc(-c2cc(N3CCCC3)ccn2)nc(-c2cc(N3CCCC3)ccn2)c1. The van der Waals surface area contributed by atoms with Crippen molar-refractivity contribution in [1.82, 2.24) is 15.0 Å². The lowest BCUT2D eigenvalue weighted by Gasteiger charge is -2.18. The van der Waals surface area contributed by atoms with Crippen molar-refractivity contribution in [2.24, 2.45) is 0 Å². The van der Waals surface area contributed by atoms with Gasteiger partial charge in [-0.3, -0.25) is 9.97 Å². The second-order valence-electron chi connectivity index (χ2n) is 7.86. The third-order valence-electron chi connectivity index (χ3n) is 5.80. The van der Waals surface area contributed by atoms with Gasteiger partial charge in [-0.1, -0.05) is 0 Å². The largest absolute Gasteiger partial charge is 0.399 e. The van der Waals surface area contributed by atoms with Crippen molar-refractivity contribution < 1.29 is 0 Å². The maximum Gasteiger partial charge on any atom is 0.0915 e. The van der Waals surface area contributed by atoms with Gasteiger partial charge < -0.3 is 15.5 Å². The van der Waals surface area contributed by atoms with Crippen LogP contribution in [0.5, 0.6) is 0 Å². The second kappa shape index (κ2) is 7.70. The summed E-state index contributed by atoms with van der Waals surface area (Å²) in [5.41, 5.74) is 12.6. The highest BCUT2D eigenvalue weighted by molar-refractivity contribution is 5.71. The fourth-order valence-electron chi connectivity index (χ4n) is 4.28. The summed E-state index contributed by atoms with van der Waals surface area (Å²) in [5.74, 6) is 0. The zero-order valence-corrected chi connectivity index (χ0v) is 16.6. The monoisotopic (exact) mass is 386 g/mol. The van der Waals surface area contributed by atoms with Gasteiger partial charge in [0.2, 0.25) is 0 Å². The number of pyridine rings is 3. The van der Waals surface area contributed by atoms with Gasteiger partial charge in [0.05, 0.1) is 22.8 Å². The first-order valence-corrected chi connectivity index (χ1v) is 10.5. The van der Waals surface area contributed by atoms with Gasteiger partial charge in [-0.2, -0.15) is 0 Å². The van der Waals surface area contributed by atoms with E-state index in [1.165, 1.54) is 37.1 Å². The van der Waals surface area contributed by atoms with Crippen molar-refractivity contribution in [3.05, 3.63) is 48.8 Å². The summed E-state index contributed by atoms with van der Waals surface area (Å²) in [6.07, 6.45) is 8.71. The van der Waals surface area contributed by atoms with E-state index >= 15 is 0 Å². The fourth-order valence-corrected chi connectivity index (χ4v) is 4.28. The highest BCUT2D eigenvalue weighted by atomic mass is 15.1. The number of hydrogen-bond acceptors (Lipinski definition) is 6. The molecule has 2 aliphatic heterocycles. The summed E-state index contributed by atoms with van der Waals surface area (Å²) in [7, 11) is 0. The molecule has 0 spiro atoms. The number of nitrogens with zero attached hydrogens (tertiary/aromatic N) is 5. The van der Waals surface area contributed by atoms with E-state index in [0.717, 1.165) is 49.0 Å². The van der Waals surface area contributed by atoms with Crippen LogP contribution in [-0.2, 0) is 0 Å². The first-order valence-electron chi connectivity index (χ1n) is 10.5. The summed E-state index contributed by atoms with van der Waals surface area (Å²) in [6, 6.07) is 12.2. The van der Waals surface area contributed by atoms with E-state index in [1.54, 1.807) is 0 Å². The Morgan fingerprint density at radius 2 is 1.07 bits per heavy atom. The average Bonchev–Trinajstić information content (AvgIpc) is 3.48. The van der Waals surface area contributed by atoms with E-state index < -0.39 is 0 Å². The maximum atomic E-state index is 6.24. The van der Waals surface area contributed by atoms with Gasteiger partial charge in [0.25, 0.3) is 0 Å². The molecule has 0 amide bonds. The minimum Gasteiger partial charge on any atom is -0.399 e. The molecule has 6 nitrogen and oxygen atoms in total. The van der Waals surface area contributed by atoms with E-state index in [4.69, 9.17) is 10.7 Å². The number of nitrogens with two attached hydrogens (primary N) is 1. The van der Waals surface area contributed by atoms with E-state index in [1.807, 2.05) is 24.5 Å². The van der Waals surface area contributed by atoms with Crippen LogP contribution in [0.15, 0.2) is 48.8 Å². The third-order valence-corrected chi connectivity index (χ3v) is 5.80. The van der Waals surface area contributed by atoms with Crippen molar-refractivity contribution in [1.29, 1.82) is 0 Å². The molecule has 0 bridgehead atoms. The normalized spacial score (nSPS) is 16.6. The Kier molecular flexibility index (Phi) is 4.76. The first kappa shape index (κ1) is 17.9. The van der Waals surface area contributed by atoms with Crippen LogP contribution in [0, 0.1) is 0 Å². The third kappa shape index (κ3) is 3.75. The molecule has 5 rings (SSSR count). The standard InChI is InChI=1S/C23H26N6/c24-17-13-22(20-15-18(5-7-25-20)28-9-1-2-10-28)27-23(14-17)21-16-19(6-8-26-21)29-11-3-4-12-29/h5-8,13-16H,1-4,9-12H2,(H2,24,27). The van der Waals surface area contributed by atoms with E-state index in [-0.39, 0.29) is 0 Å². The molecule has 0 saturated carbocycles. The molecule has 0 aliphatic carbocycles. The molecule has 0 radical (unpaired) electrons. The molecule has 2 saturated heterocycles. The zero-order valence-electron chi connectivity index (χ0n) is 16.6. The summed E-state index contributed by atoms with van der Waals surface area (Å²) in [6.45, 7) is 4.41. The molecule has 0 atom stereocenters. The van der Waals surface area contributed by atoms with Crippen molar-refractivity contribution in [2.75, 3.05) is 41.7 Å². The predicted molar refractivity (Wildman–Crippen MR) is 118 cm³/mol. The van der Waals surface area contributed by atoms with Crippen LogP contribution in [0.2, 0.25) is 0 Å². The van der Waals surface area contributed by atoms with Gasteiger partial charge in [0, 0.05) is 55.6 Å². The van der Waals surface area contributed by atoms with Gasteiger partial charge in [0.15, 0.2) is 0 Å². The van der Waals surface area contributed by atoms with Gasteiger partial charge in [-0.25, -0.2) is 4.98 Å². The molecule has 0 unspecified atom stereocenters. The van der Waals surface area contributed by atoms with Crippen LogP contribution in [0.1, 0.15) is 25.7 Å². The lowest BCUT2D eigenvalue weighted by atomic mass is 10.1. The predicted octanol–water partition coefficient (Wildman–Crippen LogP) is 3.99. The Bertz CT molecular complexity index is 928. The summed E-state index contributed by atoms with van der Waals surface area (Å²) in [5, 5.41) is 0. The zero-order chi connectivity index (χ0) is 19.6. The molecule has 3 aromatic rings. The maximum absolute atomic E-state index is 6.24. The van der Waals surface area contributed by atoms with E-state index in [2.05, 4.69) is 44.0 Å². The van der Waals surface area contributed by atoms with Gasteiger partial charge in [-0.15, -0.1) is 0 Å². The lowest BCUT2D eigenvalue weighted by molar-refractivity contribution is 0.949. The molecular weight excluding hydrogens is 360 g/mol. The van der Waals surface area contributed by atoms with Crippen LogP contribution in [0.3, 0.4) is 0 Å². The van der Waals surface area contributed by atoms with Gasteiger partial charge in [-0.05, 0) is 62.1 Å². The Hall–Kier alpha value is -3.15. The molecule has 2 N–H and O–H groups in total. The Balaban J connectivity index is 1.49. The van der Waals surface area contributed by atoms with Crippen molar-refractivity contribution >= 4 is 17.1 Å². The fraction of sp³-hybridized carbons (Fsp3) is 0.348. The van der Waals surface area contributed by atoms with E-state index in [9.17, 15) is 0 Å². The van der Waals surface area contributed by atoms with Crippen LogP contribution >= 0.6 is 0 Å². The quantitative estimate of drug-likeness (QED) is 0.731. The molecule has 3 aromatic heterocycles. The van der Waals surface area contributed by atoms with Crippen LogP contribution in [-0.4, -0.2) is 41.1 Å². The van der Waals surface area contributed by atoms with Crippen LogP contribution in [0.25, 0.3) is 22.8 Å². The minimum absolute atomic E-state index is 0.673. The number of aromatic nitrogens is 3. The van der Waals surface area contributed by atoms with Crippen molar-refractivity contribution in [2.45, 2.75) is 25.7 Å². The summed E-state index contributed by atoms with van der Waals surface area (Å²) < 4.78 is 0. The Labute approximate surface area is 171 Å². The second-order valence-corrected chi connectivity index (χ2v) is 7.86. The Morgan fingerprint density at radius 3 is 1.52 bits per heavy atom. The van der Waals surface area contributed by atoms with E-state index in [0.29, 0.717) is 5.69 Å². The highest BCUT2D eigenvalue weighted by Gasteiger charge is 2.16. The molecular formula is C23H26N6. The molecule has 2 fully saturated rings. The first-order chi connectivity index (χ1) is 14.3. The molecule has 148 valence electrons.